The van der Waals surface area contributed by atoms with Crippen LogP contribution in [0, 0.1) is 5.92 Å². The fourth-order valence-electron chi connectivity index (χ4n) is 3.84. The maximum atomic E-state index is 12.4. The highest BCUT2D eigenvalue weighted by Gasteiger charge is 2.22. The summed E-state index contributed by atoms with van der Waals surface area (Å²) in [6.45, 7) is 6.07. The summed E-state index contributed by atoms with van der Waals surface area (Å²) in [5, 5.41) is 3.50. The summed E-state index contributed by atoms with van der Waals surface area (Å²) in [5.41, 5.74) is 0.622. The SMILES string of the molecule is CCn1ccnc1CN1CCC[C@@H](CCC(=O)Nc2cc(Cl)ccc2OC)C1. The van der Waals surface area contributed by atoms with E-state index in [-0.39, 0.29) is 5.91 Å². The van der Waals surface area contributed by atoms with Crippen molar-refractivity contribution >= 4 is 23.2 Å². The maximum absolute atomic E-state index is 12.4. The summed E-state index contributed by atoms with van der Waals surface area (Å²) in [6, 6.07) is 5.23. The number of halogens is 1. The molecule has 28 heavy (non-hydrogen) atoms. The second-order valence-electron chi connectivity index (χ2n) is 7.30. The molecule has 0 unspecified atom stereocenters. The Morgan fingerprint density at radius 3 is 3.07 bits per heavy atom. The van der Waals surface area contributed by atoms with Crippen LogP contribution in [0.4, 0.5) is 5.69 Å². The summed E-state index contributed by atoms with van der Waals surface area (Å²) in [6.07, 6.45) is 7.62. The zero-order valence-corrected chi connectivity index (χ0v) is 17.4. The van der Waals surface area contributed by atoms with Gasteiger partial charge in [0.25, 0.3) is 0 Å². The predicted octanol–water partition coefficient (Wildman–Crippen LogP) is 4.20. The molecule has 7 heteroatoms. The smallest absolute Gasteiger partial charge is 0.224 e. The van der Waals surface area contributed by atoms with E-state index in [1.165, 1.54) is 12.8 Å². The summed E-state index contributed by atoms with van der Waals surface area (Å²) in [7, 11) is 1.58. The van der Waals surface area contributed by atoms with Gasteiger partial charge >= 0.3 is 0 Å². The lowest BCUT2D eigenvalue weighted by molar-refractivity contribution is -0.116. The average Bonchev–Trinajstić information content (AvgIpc) is 3.14. The van der Waals surface area contributed by atoms with Gasteiger partial charge in [0.15, 0.2) is 0 Å². The number of carbonyl (C=O) groups is 1. The van der Waals surface area contributed by atoms with E-state index in [1.54, 1.807) is 25.3 Å². The lowest BCUT2D eigenvalue weighted by Crippen LogP contribution is -2.36. The zero-order valence-electron chi connectivity index (χ0n) is 16.7. The average molecular weight is 405 g/mol. The van der Waals surface area contributed by atoms with Crippen LogP contribution in [0.5, 0.6) is 5.75 Å². The molecule has 1 aromatic carbocycles. The Morgan fingerprint density at radius 2 is 2.29 bits per heavy atom. The van der Waals surface area contributed by atoms with Crippen LogP contribution in [0.3, 0.4) is 0 Å². The number of ether oxygens (including phenoxy) is 1. The van der Waals surface area contributed by atoms with Crippen molar-refractivity contribution in [2.45, 2.75) is 45.7 Å². The molecule has 1 fully saturated rings. The summed E-state index contributed by atoms with van der Waals surface area (Å²) < 4.78 is 7.48. The largest absolute Gasteiger partial charge is 0.495 e. The number of nitrogens with zero attached hydrogens (tertiary/aromatic N) is 3. The topological polar surface area (TPSA) is 59.4 Å². The number of hydrogen-bond acceptors (Lipinski definition) is 4. The van der Waals surface area contributed by atoms with Gasteiger partial charge < -0.3 is 14.6 Å². The second kappa shape index (κ2) is 9.94. The second-order valence-corrected chi connectivity index (χ2v) is 7.74. The Kier molecular flexibility index (Phi) is 7.34. The number of imidazole rings is 1. The number of nitrogens with one attached hydrogen (secondary N) is 1. The van der Waals surface area contributed by atoms with Gasteiger partial charge in [-0.25, -0.2) is 4.98 Å². The normalized spacial score (nSPS) is 17.5. The highest BCUT2D eigenvalue weighted by Crippen LogP contribution is 2.28. The molecule has 6 nitrogen and oxygen atoms in total. The monoisotopic (exact) mass is 404 g/mol. The first-order valence-corrected chi connectivity index (χ1v) is 10.3. The Hall–Kier alpha value is -2.05. The molecule has 0 bridgehead atoms. The molecule has 0 radical (unpaired) electrons. The van der Waals surface area contributed by atoms with Crippen molar-refractivity contribution in [2.24, 2.45) is 5.92 Å². The van der Waals surface area contributed by atoms with Crippen LogP contribution in [0.2, 0.25) is 5.02 Å². The number of anilines is 1. The van der Waals surface area contributed by atoms with Gasteiger partial charge in [-0.2, -0.15) is 0 Å². The molecule has 1 N–H and O–H groups in total. The van der Waals surface area contributed by atoms with Crippen LogP contribution in [-0.2, 0) is 17.9 Å². The molecule has 2 heterocycles. The van der Waals surface area contributed by atoms with Crippen molar-refractivity contribution in [3.05, 3.63) is 41.4 Å². The Bertz CT molecular complexity index is 792. The number of carbonyl (C=O) groups excluding carboxylic acids is 1. The highest BCUT2D eigenvalue weighted by molar-refractivity contribution is 6.31. The van der Waals surface area contributed by atoms with Crippen LogP contribution < -0.4 is 10.1 Å². The zero-order chi connectivity index (χ0) is 19.9. The van der Waals surface area contributed by atoms with E-state index >= 15 is 0 Å². The summed E-state index contributed by atoms with van der Waals surface area (Å²) in [5.74, 6) is 2.27. The third kappa shape index (κ3) is 5.49. The number of hydrogen-bond donors (Lipinski definition) is 1. The molecule has 2 aromatic rings. The van der Waals surface area contributed by atoms with Crippen LogP contribution in [0.25, 0.3) is 0 Å². The molecular formula is C21H29ClN4O2. The number of benzene rings is 1. The lowest BCUT2D eigenvalue weighted by atomic mass is 9.93. The fraction of sp³-hybridized carbons (Fsp3) is 0.524. The van der Waals surface area contributed by atoms with Crippen LogP contribution in [0.1, 0.15) is 38.4 Å². The van der Waals surface area contributed by atoms with E-state index in [0.717, 1.165) is 38.4 Å². The van der Waals surface area contributed by atoms with E-state index in [4.69, 9.17) is 16.3 Å². The minimum absolute atomic E-state index is 0.000726. The molecule has 1 atom stereocenters. The number of aryl methyl sites for hydroxylation is 1. The number of amides is 1. The van der Waals surface area contributed by atoms with E-state index in [9.17, 15) is 4.79 Å². The van der Waals surface area contributed by atoms with Crippen LogP contribution >= 0.6 is 11.6 Å². The highest BCUT2D eigenvalue weighted by atomic mass is 35.5. The minimum Gasteiger partial charge on any atom is -0.495 e. The molecule has 3 rings (SSSR count). The van der Waals surface area contributed by atoms with Gasteiger partial charge in [0.05, 0.1) is 19.3 Å². The van der Waals surface area contributed by atoms with Crippen LogP contribution in [0.15, 0.2) is 30.6 Å². The van der Waals surface area contributed by atoms with Crippen molar-refractivity contribution in [3.8, 4) is 5.75 Å². The Labute approximate surface area is 171 Å². The summed E-state index contributed by atoms with van der Waals surface area (Å²) >= 11 is 6.03. The number of likely N-dealkylation sites (tertiary alicyclic amines) is 1. The lowest BCUT2D eigenvalue weighted by Gasteiger charge is -2.32. The van der Waals surface area contributed by atoms with Gasteiger partial charge in [-0.1, -0.05) is 11.6 Å². The van der Waals surface area contributed by atoms with Gasteiger partial charge in [0, 0.05) is 36.9 Å². The van der Waals surface area contributed by atoms with Crippen molar-refractivity contribution in [1.29, 1.82) is 0 Å². The first-order valence-electron chi connectivity index (χ1n) is 9.94. The molecule has 1 aliphatic heterocycles. The number of methoxy groups -OCH3 is 1. The summed E-state index contributed by atoms with van der Waals surface area (Å²) in [4.78, 5) is 19.4. The van der Waals surface area contributed by atoms with E-state index in [0.29, 0.717) is 28.8 Å². The molecule has 1 amide bonds. The number of piperidine rings is 1. The standard InChI is InChI=1S/C21H29ClN4O2/c1-3-26-12-10-23-20(26)15-25-11-4-5-16(14-25)6-9-21(27)24-18-13-17(22)7-8-19(18)28-2/h7-8,10,12-13,16H,3-6,9,11,14-15H2,1-2H3,(H,24,27)/t16-/m0/s1. The van der Waals surface area contributed by atoms with Gasteiger partial charge in [-0.3, -0.25) is 9.69 Å². The molecule has 152 valence electrons. The third-order valence-corrected chi connectivity index (χ3v) is 5.56. The van der Waals surface area contributed by atoms with Gasteiger partial charge in [-0.05, 0) is 56.8 Å². The van der Waals surface area contributed by atoms with Crippen molar-refractivity contribution in [3.63, 3.8) is 0 Å². The van der Waals surface area contributed by atoms with Gasteiger partial charge in [0.2, 0.25) is 5.91 Å². The molecule has 1 aromatic heterocycles. The van der Waals surface area contributed by atoms with Crippen molar-refractivity contribution < 1.29 is 9.53 Å². The quantitative estimate of drug-likeness (QED) is 0.716. The molecular weight excluding hydrogens is 376 g/mol. The molecule has 1 saturated heterocycles. The molecule has 0 aliphatic carbocycles. The first-order chi connectivity index (χ1) is 13.6. The van der Waals surface area contributed by atoms with E-state index < -0.39 is 0 Å². The van der Waals surface area contributed by atoms with E-state index in [1.807, 2.05) is 12.4 Å². The van der Waals surface area contributed by atoms with Gasteiger partial charge in [-0.15, -0.1) is 0 Å². The minimum atomic E-state index is -0.000726. The Balaban J connectivity index is 1.49. The van der Waals surface area contributed by atoms with Crippen LogP contribution in [-0.4, -0.2) is 40.6 Å². The molecule has 1 aliphatic rings. The number of aromatic nitrogens is 2. The Morgan fingerprint density at radius 1 is 1.43 bits per heavy atom. The van der Waals surface area contributed by atoms with E-state index in [2.05, 4.69) is 26.7 Å². The maximum Gasteiger partial charge on any atom is 0.224 e. The van der Waals surface area contributed by atoms with Gasteiger partial charge in [0.1, 0.15) is 11.6 Å². The van der Waals surface area contributed by atoms with Crippen molar-refractivity contribution in [2.75, 3.05) is 25.5 Å². The molecule has 0 saturated carbocycles. The molecule has 0 spiro atoms. The fourth-order valence-corrected chi connectivity index (χ4v) is 4.01. The first kappa shape index (κ1) is 20.7. The van der Waals surface area contributed by atoms with Crippen molar-refractivity contribution in [1.82, 2.24) is 14.5 Å². The predicted molar refractivity (Wildman–Crippen MR) is 112 cm³/mol. The number of rotatable bonds is 8. The third-order valence-electron chi connectivity index (χ3n) is 5.33.